The lowest BCUT2D eigenvalue weighted by atomic mass is 10.0. The second-order valence-electron chi connectivity index (χ2n) is 3.74. The van der Waals surface area contributed by atoms with Crippen LogP contribution in [0.15, 0.2) is 24.3 Å². The first-order chi connectivity index (χ1) is 7.25. The number of hydrogen-bond acceptors (Lipinski definition) is 2. The highest BCUT2D eigenvalue weighted by Gasteiger charge is 2.17. The van der Waals surface area contributed by atoms with Crippen molar-refractivity contribution in [3.05, 3.63) is 35.6 Å². The van der Waals surface area contributed by atoms with Crippen molar-refractivity contribution in [1.82, 2.24) is 10.6 Å². The van der Waals surface area contributed by atoms with Crippen LogP contribution in [-0.2, 0) is 0 Å². The van der Waals surface area contributed by atoms with Gasteiger partial charge in [0.15, 0.2) is 0 Å². The molecule has 80 valence electrons. The average Bonchev–Trinajstić information content (AvgIpc) is 2.15. The Balaban J connectivity index is 1.89. The zero-order chi connectivity index (χ0) is 10.7. The summed E-state index contributed by atoms with van der Waals surface area (Å²) in [5.41, 5.74) is 0.377. The van der Waals surface area contributed by atoms with E-state index in [-0.39, 0.29) is 11.7 Å². The molecule has 1 aromatic rings. The monoisotopic (exact) mass is 208 g/mol. The topological polar surface area (TPSA) is 41.1 Å². The molecule has 1 aliphatic rings. The van der Waals surface area contributed by atoms with Crippen molar-refractivity contribution < 1.29 is 9.18 Å². The predicted molar refractivity (Wildman–Crippen MR) is 55.1 cm³/mol. The maximum absolute atomic E-state index is 12.8. The lowest BCUT2D eigenvalue weighted by Gasteiger charge is -2.27. The number of nitrogens with one attached hydrogen (secondary N) is 2. The Morgan fingerprint density at radius 2 is 2.33 bits per heavy atom. The van der Waals surface area contributed by atoms with Gasteiger partial charge in [0.1, 0.15) is 5.82 Å². The third kappa shape index (κ3) is 2.53. The van der Waals surface area contributed by atoms with Gasteiger partial charge in [0, 0.05) is 31.1 Å². The van der Waals surface area contributed by atoms with Gasteiger partial charge in [-0.25, -0.2) is 4.39 Å². The van der Waals surface area contributed by atoms with E-state index in [2.05, 4.69) is 10.6 Å². The molecule has 1 fully saturated rings. The Morgan fingerprint density at radius 3 is 2.93 bits per heavy atom. The molecular formula is C11H13FN2O. The van der Waals surface area contributed by atoms with Gasteiger partial charge in [-0.15, -0.1) is 0 Å². The summed E-state index contributed by atoms with van der Waals surface area (Å²) in [6.07, 6.45) is 0. The van der Waals surface area contributed by atoms with Crippen molar-refractivity contribution in [3.8, 4) is 0 Å². The number of carbonyl (C=O) groups excluding carboxylic acids is 1. The molecule has 1 amide bonds. The summed E-state index contributed by atoms with van der Waals surface area (Å²) in [5.74, 6) is -0.0723. The average molecular weight is 208 g/mol. The Bertz CT molecular complexity index is 363. The van der Waals surface area contributed by atoms with Crippen LogP contribution in [0.3, 0.4) is 0 Å². The largest absolute Gasteiger partial charge is 0.352 e. The number of rotatable bonds is 3. The SMILES string of the molecule is O=C(NCC1CNC1)c1cccc(F)c1. The minimum absolute atomic E-state index is 0.207. The highest BCUT2D eigenvalue weighted by molar-refractivity contribution is 5.94. The molecule has 2 N–H and O–H groups in total. The van der Waals surface area contributed by atoms with E-state index in [0.717, 1.165) is 13.1 Å². The van der Waals surface area contributed by atoms with E-state index in [1.807, 2.05) is 0 Å². The Labute approximate surface area is 87.7 Å². The summed E-state index contributed by atoms with van der Waals surface area (Å²) in [6.45, 7) is 2.55. The minimum Gasteiger partial charge on any atom is -0.352 e. The summed E-state index contributed by atoms with van der Waals surface area (Å²) in [5, 5.41) is 5.91. The molecule has 1 aromatic carbocycles. The first-order valence-electron chi connectivity index (χ1n) is 5.00. The zero-order valence-corrected chi connectivity index (χ0v) is 8.29. The van der Waals surface area contributed by atoms with Gasteiger partial charge in [-0.2, -0.15) is 0 Å². The Kier molecular flexibility index (Phi) is 2.97. The van der Waals surface area contributed by atoms with E-state index in [1.54, 1.807) is 6.07 Å². The van der Waals surface area contributed by atoms with Crippen LogP contribution in [0.5, 0.6) is 0 Å². The Morgan fingerprint density at radius 1 is 1.53 bits per heavy atom. The fourth-order valence-electron chi connectivity index (χ4n) is 1.46. The summed E-state index contributed by atoms with van der Waals surface area (Å²) in [4.78, 5) is 11.5. The molecule has 0 atom stereocenters. The second-order valence-corrected chi connectivity index (χ2v) is 3.74. The van der Waals surface area contributed by atoms with Gasteiger partial charge in [0.05, 0.1) is 0 Å². The van der Waals surface area contributed by atoms with Gasteiger partial charge in [-0.3, -0.25) is 4.79 Å². The number of benzene rings is 1. The molecule has 0 aliphatic carbocycles. The van der Waals surface area contributed by atoms with Crippen molar-refractivity contribution in [3.63, 3.8) is 0 Å². The molecule has 1 heterocycles. The third-order valence-corrected chi connectivity index (χ3v) is 2.50. The van der Waals surface area contributed by atoms with Crippen LogP contribution in [0.2, 0.25) is 0 Å². The molecule has 4 heteroatoms. The molecule has 0 unspecified atom stereocenters. The van der Waals surface area contributed by atoms with Crippen LogP contribution in [0.4, 0.5) is 4.39 Å². The van der Waals surface area contributed by atoms with Gasteiger partial charge in [-0.05, 0) is 18.2 Å². The van der Waals surface area contributed by atoms with E-state index in [9.17, 15) is 9.18 Å². The maximum Gasteiger partial charge on any atom is 0.251 e. The maximum atomic E-state index is 12.8. The van der Waals surface area contributed by atoms with Gasteiger partial charge < -0.3 is 10.6 Å². The number of carbonyl (C=O) groups is 1. The van der Waals surface area contributed by atoms with Crippen LogP contribution in [0, 0.1) is 11.7 Å². The van der Waals surface area contributed by atoms with Crippen molar-refractivity contribution in [2.75, 3.05) is 19.6 Å². The first kappa shape index (κ1) is 10.1. The Hall–Kier alpha value is -1.42. The van der Waals surface area contributed by atoms with Gasteiger partial charge in [0.2, 0.25) is 0 Å². The molecule has 2 rings (SSSR count). The van der Waals surface area contributed by atoms with Crippen LogP contribution in [-0.4, -0.2) is 25.5 Å². The van der Waals surface area contributed by atoms with Gasteiger partial charge in [-0.1, -0.05) is 6.07 Å². The fraction of sp³-hybridized carbons (Fsp3) is 0.364. The first-order valence-corrected chi connectivity index (χ1v) is 5.00. The fourth-order valence-corrected chi connectivity index (χ4v) is 1.46. The summed E-state index contributed by atoms with van der Waals surface area (Å²) in [7, 11) is 0. The highest BCUT2D eigenvalue weighted by Crippen LogP contribution is 2.04. The molecule has 15 heavy (non-hydrogen) atoms. The summed E-state index contributed by atoms with van der Waals surface area (Å²) < 4.78 is 12.8. The van der Waals surface area contributed by atoms with E-state index in [1.165, 1.54) is 18.2 Å². The highest BCUT2D eigenvalue weighted by atomic mass is 19.1. The minimum atomic E-state index is -0.382. The molecule has 0 saturated carbocycles. The molecular weight excluding hydrogens is 195 g/mol. The van der Waals surface area contributed by atoms with Crippen molar-refractivity contribution in [2.24, 2.45) is 5.92 Å². The molecule has 1 saturated heterocycles. The summed E-state index contributed by atoms with van der Waals surface area (Å²) >= 11 is 0. The standard InChI is InChI=1S/C11H13FN2O/c12-10-3-1-2-9(4-10)11(15)14-7-8-5-13-6-8/h1-4,8,13H,5-7H2,(H,14,15). The lowest BCUT2D eigenvalue weighted by molar-refractivity contribution is 0.0942. The van der Waals surface area contributed by atoms with Crippen LogP contribution >= 0.6 is 0 Å². The van der Waals surface area contributed by atoms with Crippen LogP contribution < -0.4 is 10.6 Å². The molecule has 0 bridgehead atoms. The molecule has 0 radical (unpaired) electrons. The van der Waals surface area contributed by atoms with E-state index in [4.69, 9.17) is 0 Å². The quantitative estimate of drug-likeness (QED) is 0.770. The predicted octanol–water partition coefficient (Wildman–Crippen LogP) is 0.775. The van der Waals surface area contributed by atoms with E-state index >= 15 is 0 Å². The van der Waals surface area contributed by atoms with Crippen molar-refractivity contribution >= 4 is 5.91 Å². The van der Waals surface area contributed by atoms with Crippen molar-refractivity contribution in [2.45, 2.75) is 0 Å². The third-order valence-electron chi connectivity index (χ3n) is 2.50. The lowest BCUT2D eigenvalue weighted by Crippen LogP contribution is -2.48. The zero-order valence-electron chi connectivity index (χ0n) is 8.29. The molecule has 0 aromatic heterocycles. The van der Waals surface area contributed by atoms with Gasteiger partial charge >= 0.3 is 0 Å². The number of amides is 1. The second kappa shape index (κ2) is 4.40. The van der Waals surface area contributed by atoms with Crippen molar-refractivity contribution in [1.29, 1.82) is 0 Å². The van der Waals surface area contributed by atoms with Gasteiger partial charge in [0.25, 0.3) is 5.91 Å². The van der Waals surface area contributed by atoms with E-state index in [0.29, 0.717) is 18.0 Å². The normalized spacial score (nSPS) is 15.8. The number of hydrogen-bond donors (Lipinski definition) is 2. The van der Waals surface area contributed by atoms with E-state index < -0.39 is 0 Å². The molecule has 3 nitrogen and oxygen atoms in total. The summed E-state index contributed by atoms with van der Waals surface area (Å²) in [6, 6.07) is 5.72. The van der Waals surface area contributed by atoms with Crippen LogP contribution in [0.1, 0.15) is 10.4 Å². The molecule has 0 spiro atoms. The number of halogens is 1. The molecule has 1 aliphatic heterocycles. The smallest absolute Gasteiger partial charge is 0.251 e. The van der Waals surface area contributed by atoms with Crippen LogP contribution in [0.25, 0.3) is 0 Å².